The van der Waals surface area contributed by atoms with Gasteiger partial charge in [-0.15, -0.1) is 0 Å². The van der Waals surface area contributed by atoms with Crippen molar-refractivity contribution in [3.63, 3.8) is 0 Å². The lowest BCUT2D eigenvalue weighted by Gasteiger charge is -2.21. The Morgan fingerprint density at radius 3 is 2.81 bits per heavy atom. The fourth-order valence-electron chi connectivity index (χ4n) is 3.71. The molecule has 31 heavy (non-hydrogen) atoms. The number of carbonyl (C=O) groups is 2. The Kier molecular flexibility index (Phi) is 4.66. The van der Waals surface area contributed by atoms with E-state index >= 15 is 0 Å². The number of hydrogen-bond donors (Lipinski definition) is 2. The van der Waals surface area contributed by atoms with Gasteiger partial charge in [-0.05, 0) is 43.5 Å². The number of aryl methyl sites for hydroxylation is 1. The predicted molar refractivity (Wildman–Crippen MR) is 120 cm³/mol. The van der Waals surface area contributed by atoms with E-state index in [4.69, 9.17) is 16.6 Å². The number of fused-ring (bicyclic) bond motifs is 1. The first-order valence-corrected chi connectivity index (χ1v) is 10.5. The summed E-state index contributed by atoms with van der Waals surface area (Å²) >= 11 is 6.18. The Bertz CT molecular complexity index is 1260. The van der Waals surface area contributed by atoms with Gasteiger partial charge in [0, 0.05) is 41.0 Å². The van der Waals surface area contributed by atoms with Crippen LogP contribution in [-0.4, -0.2) is 39.5 Å². The molecule has 0 spiro atoms. The summed E-state index contributed by atoms with van der Waals surface area (Å²) in [6.45, 7) is 2.00. The lowest BCUT2D eigenvalue weighted by molar-refractivity contribution is -0.124. The minimum absolute atomic E-state index is 0.0602. The van der Waals surface area contributed by atoms with Crippen molar-refractivity contribution in [3.05, 3.63) is 52.2 Å². The summed E-state index contributed by atoms with van der Waals surface area (Å²) in [5.41, 5.74) is 3.59. The molecule has 0 radical (unpaired) electrons. The van der Waals surface area contributed by atoms with Gasteiger partial charge in [-0.25, -0.2) is 4.98 Å². The van der Waals surface area contributed by atoms with E-state index in [0.29, 0.717) is 33.7 Å². The topological polar surface area (TPSA) is 91.6 Å². The van der Waals surface area contributed by atoms with Crippen LogP contribution in [0.2, 0.25) is 5.02 Å². The molecule has 2 amide bonds. The lowest BCUT2D eigenvalue weighted by Crippen LogP contribution is -2.23. The highest BCUT2D eigenvalue weighted by Crippen LogP contribution is 2.33. The maximum atomic E-state index is 12.0. The lowest BCUT2D eigenvalue weighted by atomic mass is 10.1. The van der Waals surface area contributed by atoms with Gasteiger partial charge in [-0.2, -0.15) is 9.61 Å². The zero-order chi connectivity index (χ0) is 21.7. The van der Waals surface area contributed by atoms with Gasteiger partial charge in [0.15, 0.2) is 5.65 Å². The van der Waals surface area contributed by atoms with Crippen LogP contribution in [0.4, 0.5) is 17.3 Å². The Morgan fingerprint density at radius 1 is 1.29 bits per heavy atom. The molecule has 5 rings (SSSR count). The molecule has 0 atom stereocenters. The van der Waals surface area contributed by atoms with E-state index in [1.165, 1.54) is 0 Å². The molecule has 2 aliphatic rings. The average Bonchev–Trinajstić information content (AvgIpc) is 3.43. The highest BCUT2D eigenvalue weighted by Gasteiger charge is 2.29. The monoisotopic (exact) mass is 436 g/mol. The molecular formula is C22H21ClN6O2. The van der Waals surface area contributed by atoms with E-state index in [-0.39, 0.29) is 18.2 Å². The number of carbonyl (C=O) groups excluding carboxylic acids is 2. The van der Waals surface area contributed by atoms with Gasteiger partial charge in [0.05, 0.1) is 12.6 Å². The van der Waals surface area contributed by atoms with Crippen molar-refractivity contribution in [3.8, 4) is 0 Å². The second kappa shape index (κ2) is 7.39. The number of halogens is 1. The minimum Gasteiger partial charge on any atom is -0.356 e. The van der Waals surface area contributed by atoms with E-state index in [0.717, 1.165) is 29.9 Å². The van der Waals surface area contributed by atoms with E-state index in [9.17, 15) is 9.59 Å². The summed E-state index contributed by atoms with van der Waals surface area (Å²) in [7, 11) is 2.05. The molecule has 0 bridgehead atoms. The largest absolute Gasteiger partial charge is 0.356 e. The molecule has 3 aromatic rings. The number of aromatic nitrogens is 3. The molecule has 8 nitrogen and oxygen atoms in total. The van der Waals surface area contributed by atoms with Crippen molar-refractivity contribution in [2.24, 2.45) is 0 Å². The van der Waals surface area contributed by atoms with Gasteiger partial charge in [0.25, 0.3) is 5.91 Å². The molecular weight excluding hydrogens is 416 g/mol. The van der Waals surface area contributed by atoms with Crippen LogP contribution in [0.15, 0.2) is 36.0 Å². The summed E-state index contributed by atoms with van der Waals surface area (Å²) in [5.74, 6) is 0.871. The maximum Gasteiger partial charge on any atom is 0.254 e. The fraction of sp³-hybridized carbons (Fsp3) is 0.273. The Labute approximate surface area is 183 Å². The van der Waals surface area contributed by atoms with E-state index in [1.54, 1.807) is 16.8 Å². The molecule has 158 valence electrons. The van der Waals surface area contributed by atoms with Crippen molar-refractivity contribution < 1.29 is 9.59 Å². The SMILES string of the molecule is Cc1ccc(Cl)cc1Nc1cc(N(C)C2CC2)n2ncc(/C=C3\CC(=O)NC3=O)c2n1. The smallest absolute Gasteiger partial charge is 0.254 e. The molecule has 1 aliphatic carbocycles. The van der Waals surface area contributed by atoms with Crippen molar-refractivity contribution in [2.75, 3.05) is 17.3 Å². The Morgan fingerprint density at radius 2 is 2.10 bits per heavy atom. The van der Waals surface area contributed by atoms with Gasteiger partial charge in [0.2, 0.25) is 5.91 Å². The van der Waals surface area contributed by atoms with Crippen molar-refractivity contribution >= 4 is 52.5 Å². The summed E-state index contributed by atoms with van der Waals surface area (Å²) < 4.78 is 1.77. The highest BCUT2D eigenvalue weighted by atomic mass is 35.5. The first kappa shape index (κ1) is 19.6. The molecule has 1 aliphatic heterocycles. The molecule has 2 fully saturated rings. The number of amides is 2. The molecule has 2 N–H and O–H groups in total. The van der Waals surface area contributed by atoms with Crippen LogP contribution in [0.1, 0.15) is 30.4 Å². The molecule has 1 saturated heterocycles. The van der Waals surface area contributed by atoms with Gasteiger partial charge >= 0.3 is 0 Å². The van der Waals surface area contributed by atoms with E-state index in [1.807, 2.05) is 38.2 Å². The summed E-state index contributed by atoms with van der Waals surface area (Å²) in [4.78, 5) is 30.5. The highest BCUT2D eigenvalue weighted by molar-refractivity contribution is 6.30. The fourth-order valence-corrected chi connectivity index (χ4v) is 3.88. The summed E-state index contributed by atoms with van der Waals surface area (Å²) in [6, 6.07) is 8.09. The quantitative estimate of drug-likeness (QED) is 0.470. The van der Waals surface area contributed by atoms with Crippen molar-refractivity contribution in [1.82, 2.24) is 19.9 Å². The van der Waals surface area contributed by atoms with Crippen LogP contribution in [0, 0.1) is 6.92 Å². The van der Waals surface area contributed by atoms with Crippen LogP contribution < -0.4 is 15.5 Å². The van der Waals surface area contributed by atoms with Crippen LogP contribution in [-0.2, 0) is 9.59 Å². The molecule has 3 heterocycles. The summed E-state index contributed by atoms with van der Waals surface area (Å²) in [5, 5.41) is 10.8. The third-order valence-electron chi connectivity index (χ3n) is 5.62. The first-order valence-electron chi connectivity index (χ1n) is 10.1. The number of hydrogen-bond acceptors (Lipinski definition) is 6. The normalized spacial score (nSPS) is 17.5. The number of nitrogens with one attached hydrogen (secondary N) is 2. The predicted octanol–water partition coefficient (Wildman–Crippen LogP) is 3.46. The number of imide groups is 1. The van der Waals surface area contributed by atoms with Crippen LogP contribution in [0.5, 0.6) is 0 Å². The number of nitrogens with zero attached hydrogens (tertiary/aromatic N) is 4. The Balaban J connectivity index is 1.62. The molecule has 0 unspecified atom stereocenters. The van der Waals surface area contributed by atoms with Gasteiger partial charge in [0.1, 0.15) is 11.6 Å². The summed E-state index contributed by atoms with van der Waals surface area (Å²) in [6.07, 6.45) is 5.69. The van der Waals surface area contributed by atoms with E-state index < -0.39 is 0 Å². The number of anilines is 3. The average molecular weight is 437 g/mol. The van der Waals surface area contributed by atoms with Gasteiger partial charge < -0.3 is 10.2 Å². The van der Waals surface area contributed by atoms with Crippen molar-refractivity contribution in [1.29, 1.82) is 0 Å². The number of benzene rings is 1. The molecule has 2 aromatic heterocycles. The van der Waals surface area contributed by atoms with Gasteiger partial charge in [-0.1, -0.05) is 17.7 Å². The zero-order valence-electron chi connectivity index (χ0n) is 17.1. The van der Waals surface area contributed by atoms with Crippen LogP contribution in [0.3, 0.4) is 0 Å². The van der Waals surface area contributed by atoms with Crippen LogP contribution >= 0.6 is 11.6 Å². The molecule has 9 heteroatoms. The Hall–Kier alpha value is -3.39. The van der Waals surface area contributed by atoms with E-state index in [2.05, 4.69) is 20.6 Å². The second-order valence-electron chi connectivity index (χ2n) is 7.98. The first-order chi connectivity index (χ1) is 14.9. The third kappa shape index (κ3) is 3.74. The third-order valence-corrected chi connectivity index (χ3v) is 5.86. The second-order valence-corrected chi connectivity index (χ2v) is 8.42. The number of rotatable bonds is 5. The van der Waals surface area contributed by atoms with Crippen molar-refractivity contribution in [2.45, 2.75) is 32.2 Å². The van der Waals surface area contributed by atoms with Gasteiger partial charge in [-0.3, -0.25) is 14.9 Å². The molecule has 1 saturated carbocycles. The zero-order valence-corrected chi connectivity index (χ0v) is 17.9. The standard InChI is InChI=1S/C22H21ClN6O2/c1-12-3-4-15(23)9-17(12)25-18-10-20(28(2)16-5-6-16)29-21(26-18)14(11-24-29)7-13-8-19(30)27-22(13)31/h3-4,7,9-11,16H,5-6,8H2,1-2H3,(H,25,26)(H,27,30,31)/b13-7+. The minimum atomic E-state index is -0.372. The van der Waals surface area contributed by atoms with Crippen LogP contribution in [0.25, 0.3) is 11.7 Å². The maximum absolute atomic E-state index is 12.0. The molecule has 1 aromatic carbocycles.